The summed E-state index contributed by atoms with van der Waals surface area (Å²) in [6.45, 7) is 11.2. The summed E-state index contributed by atoms with van der Waals surface area (Å²) >= 11 is 0. The first-order chi connectivity index (χ1) is 16.3. The lowest BCUT2D eigenvalue weighted by molar-refractivity contribution is -0.122. The van der Waals surface area contributed by atoms with Crippen LogP contribution in [0.4, 0.5) is 0 Å². The first-order valence-corrected chi connectivity index (χ1v) is 12.4. The SMILES string of the molecule is CNC(=O)CN1CCC(c2ccc3[nH]c(-c4cn5cc(C)nc5cc4C)c(C(C)C)c3c2)CC1. The molecule has 5 rings (SSSR count). The summed E-state index contributed by atoms with van der Waals surface area (Å²) in [6, 6.07) is 9.14. The molecule has 0 aliphatic carbocycles. The van der Waals surface area contributed by atoms with Crippen molar-refractivity contribution in [2.75, 3.05) is 26.7 Å². The summed E-state index contributed by atoms with van der Waals surface area (Å²) in [7, 11) is 1.71. The number of aryl methyl sites for hydroxylation is 2. The van der Waals surface area contributed by atoms with Crippen LogP contribution < -0.4 is 5.32 Å². The summed E-state index contributed by atoms with van der Waals surface area (Å²) in [5.41, 5.74) is 9.69. The van der Waals surface area contributed by atoms with Gasteiger partial charge < -0.3 is 14.7 Å². The molecule has 6 heteroatoms. The number of carbonyl (C=O) groups is 1. The highest BCUT2D eigenvalue weighted by molar-refractivity contribution is 5.92. The van der Waals surface area contributed by atoms with Gasteiger partial charge in [0.15, 0.2) is 0 Å². The third kappa shape index (κ3) is 4.11. The monoisotopic (exact) mass is 457 g/mol. The lowest BCUT2D eigenvalue weighted by Crippen LogP contribution is -2.40. The Balaban J connectivity index is 1.50. The number of benzene rings is 1. The van der Waals surface area contributed by atoms with E-state index in [1.54, 1.807) is 7.05 Å². The molecule has 0 spiro atoms. The Kier molecular flexibility index (Phi) is 5.94. The molecular formula is C28H35N5O. The Morgan fingerprint density at radius 3 is 2.65 bits per heavy atom. The van der Waals surface area contributed by atoms with E-state index in [1.165, 1.54) is 38.9 Å². The van der Waals surface area contributed by atoms with Gasteiger partial charge in [-0.15, -0.1) is 0 Å². The molecule has 0 unspecified atom stereocenters. The van der Waals surface area contributed by atoms with Crippen molar-refractivity contribution >= 4 is 22.5 Å². The van der Waals surface area contributed by atoms with Gasteiger partial charge in [-0.1, -0.05) is 19.9 Å². The predicted octanol–water partition coefficient (Wildman–Crippen LogP) is 5.15. The van der Waals surface area contributed by atoms with Crippen LogP contribution in [0.3, 0.4) is 0 Å². The summed E-state index contributed by atoms with van der Waals surface area (Å²) < 4.78 is 2.13. The maximum atomic E-state index is 11.7. The Morgan fingerprint density at radius 1 is 1.18 bits per heavy atom. The molecule has 1 aromatic carbocycles. The number of carbonyl (C=O) groups excluding carboxylic acids is 1. The third-order valence-corrected chi connectivity index (χ3v) is 7.33. The number of likely N-dealkylation sites (tertiary alicyclic amines) is 1. The van der Waals surface area contributed by atoms with Gasteiger partial charge in [-0.05, 0) is 86.5 Å². The molecule has 4 heterocycles. The van der Waals surface area contributed by atoms with Crippen LogP contribution in [0, 0.1) is 13.8 Å². The predicted molar refractivity (Wildman–Crippen MR) is 139 cm³/mol. The lowest BCUT2D eigenvalue weighted by Gasteiger charge is -2.31. The Labute approximate surface area is 201 Å². The fourth-order valence-electron chi connectivity index (χ4n) is 5.52. The van der Waals surface area contributed by atoms with Gasteiger partial charge in [-0.2, -0.15) is 0 Å². The second kappa shape index (κ2) is 8.91. The van der Waals surface area contributed by atoms with Gasteiger partial charge in [0.25, 0.3) is 0 Å². The molecule has 1 aliphatic heterocycles. The molecule has 3 aromatic heterocycles. The lowest BCUT2D eigenvalue weighted by atomic mass is 9.87. The highest BCUT2D eigenvalue weighted by atomic mass is 16.1. The van der Waals surface area contributed by atoms with Crippen LogP contribution in [-0.4, -0.2) is 51.9 Å². The van der Waals surface area contributed by atoms with Gasteiger partial charge in [-0.25, -0.2) is 4.98 Å². The fourth-order valence-corrected chi connectivity index (χ4v) is 5.52. The smallest absolute Gasteiger partial charge is 0.233 e. The van der Waals surface area contributed by atoms with Crippen molar-refractivity contribution in [3.8, 4) is 11.3 Å². The molecule has 0 bridgehead atoms. The third-order valence-electron chi connectivity index (χ3n) is 7.33. The quantitative estimate of drug-likeness (QED) is 0.436. The number of pyridine rings is 1. The van der Waals surface area contributed by atoms with Gasteiger partial charge in [0.2, 0.25) is 5.91 Å². The zero-order valence-electron chi connectivity index (χ0n) is 20.9. The van der Waals surface area contributed by atoms with Crippen molar-refractivity contribution in [3.05, 3.63) is 59.0 Å². The highest BCUT2D eigenvalue weighted by Gasteiger charge is 2.24. The average Bonchev–Trinajstić information content (AvgIpc) is 3.37. The van der Waals surface area contributed by atoms with E-state index in [4.69, 9.17) is 0 Å². The molecule has 1 saturated heterocycles. The van der Waals surface area contributed by atoms with Crippen molar-refractivity contribution in [2.24, 2.45) is 0 Å². The first-order valence-electron chi connectivity index (χ1n) is 12.4. The number of hydrogen-bond acceptors (Lipinski definition) is 3. The van der Waals surface area contributed by atoms with Gasteiger partial charge in [0, 0.05) is 35.9 Å². The summed E-state index contributed by atoms with van der Waals surface area (Å²) in [5, 5.41) is 4.06. The minimum Gasteiger partial charge on any atom is -0.358 e. The standard InChI is InChI=1S/C28H35N5O/c1-17(2)27-22-13-21(20-8-10-32(11-9-20)16-26(34)29-5)6-7-24(22)31-28(27)23-15-33-14-19(4)30-25(33)12-18(23)3/h6-7,12-15,17,20,31H,8-11,16H2,1-5H3,(H,29,34). The number of fused-ring (bicyclic) bond motifs is 2. The molecule has 4 aromatic rings. The van der Waals surface area contributed by atoms with E-state index in [0.717, 1.165) is 37.3 Å². The van der Waals surface area contributed by atoms with Crippen molar-refractivity contribution in [1.82, 2.24) is 24.6 Å². The van der Waals surface area contributed by atoms with E-state index in [-0.39, 0.29) is 5.91 Å². The highest BCUT2D eigenvalue weighted by Crippen LogP contribution is 2.39. The summed E-state index contributed by atoms with van der Waals surface area (Å²) in [6.07, 6.45) is 6.48. The number of aromatic amines is 1. The Bertz CT molecular complexity index is 1350. The fraction of sp³-hybridized carbons (Fsp3) is 0.429. The zero-order valence-corrected chi connectivity index (χ0v) is 20.9. The van der Waals surface area contributed by atoms with Crippen LogP contribution in [0.1, 0.15) is 60.9 Å². The molecule has 0 radical (unpaired) electrons. The molecule has 6 nitrogen and oxygen atoms in total. The van der Waals surface area contributed by atoms with E-state index in [0.29, 0.717) is 18.4 Å². The number of H-pyrrole nitrogens is 1. The van der Waals surface area contributed by atoms with Gasteiger partial charge in [0.1, 0.15) is 5.65 Å². The molecule has 0 atom stereocenters. The molecule has 1 aliphatic rings. The minimum atomic E-state index is 0.0978. The van der Waals surface area contributed by atoms with Crippen LogP contribution in [0.2, 0.25) is 0 Å². The summed E-state index contributed by atoms with van der Waals surface area (Å²) in [4.78, 5) is 22.4. The van der Waals surface area contributed by atoms with Crippen LogP contribution in [0.25, 0.3) is 27.8 Å². The van der Waals surface area contributed by atoms with E-state index >= 15 is 0 Å². The largest absolute Gasteiger partial charge is 0.358 e. The zero-order chi connectivity index (χ0) is 24.0. The summed E-state index contributed by atoms with van der Waals surface area (Å²) in [5.74, 6) is 1.03. The molecule has 1 amide bonds. The Hall–Kier alpha value is -3.12. The number of piperidine rings is 1. The topological polar surface area (TPSA) is 65.4 Å². The first kappa shape index (κ1) is 22.7. The number of imidazole rings is 1. The number of likely N-dealkylation sites (N-methyl/N-ethyl adjacent to an activating group) is 1. The molecule has 34 heavy (non-hydrogen) atoms. The van der Waals surface area contributed by atoms with Crippen molar-refractivity contribution in [1.29, 1.82) is 0 Å². The van der Waals surface area contributed by atoms with Gasteiger partial charge in [-0.3, -0.25) is 9.69 Å². The second-order valence-electron chi connectivity index (χ2n) is 10.1. The van der Waals surface area contributed by atoms with Crippen LogP contribution in [0.15, 0.2) is 36.7 Å². The average molecular weight is 458 g/mol. The van der Waals surface area contributed by atoms with Gasteiger partial charge >= 0.3 is 0 Å². The maximum absolute atomic E-state index is 11.7. The van der Waals surface area contributed by atoms with Crippen molar-refractivity contribution in [2.45, 2.75) is 52.4 Å². The van der Waals surface area contributed by atoms with Crippen molar-refractivity contribution in [3.63, 3.8) is 0 Å². The number of nitrogens with zero attached hydrogens (tertiary/aromatic N) is 3. The van der Waals surface area contributed by atoms with Gasteiger partial charge in [0.05, 0.1) is 17.9 Å². The second-order valence-corrected chi connectivity index (χ2v) is 10.1. The molecule has 1 fully saturated rings. The molecule has 178 valence electrons. The number of aromatic nitrogens is 3. The van der Waals surface area contributed by atoms with E-state index in [9.17, 15) is 4.79 Å². The van der Waals surface area contributed by atoms with Crippen LogP contribution in [0.5, 0.6) is 0 Å². The number of amides is 1. The molecular weight excluding hydrogens is 422 g/mol. The van der Waals surface area contributed by atoms with Crippen LogP contribution in [-0.2, 0) is 4.79 Å². The van der Waals surface area contributed by atoms with Crippen LogP contribution >= 0.6 is 0 Å². The van der Waals surface area contributed by atoms with E-state index in [1.807, 2.05) is 6.92 Å². The van der Waals surface area contributed by atoms with E-state index in [2.05, 4.69) is 82.0 Å². The number of nitrogens with one attached hydrogen (secondary N) is 2. The minimum absolute atomic E-state index is 0.0978. The molecule has 0 saturated carbocycles. The van der Waals surface area contributed by atoms with E-state index < -0.39 is 0 Å². The van der Waals surface area contributed by atoms with Crippen molar-refractivity contribution < 1.29 is 4.79 Å². The molecule has 2 N–H and O–H groups in total. The normalized spacial score (nSPS) is 15.6. The Morgan fingerprint density at radius 2 is 1.94 bits per heavy atom. The number of hydrogen-bond donors (Lipinski definition) is 2. The number of rotatable bonds is 5. The maximum Gasteiger partial charge on any atom is 0.233 e.